The molecule has 144 valence electrons. The zero-order chi connectivity index (χ0) is 20.4. The van der Waals surface area contributed by atoms with E-state index in [1.165, 1.54) is 30.1 Å². The second-order valence-electron chi connectivity index (χ2n) is 5.66. The van der Waals surface area contributed by atoms with E-state index in [4.69, 9.17) is 27.9 Å². The van der Waals surface area contributed by atoms with Gasteiger partial charge in [0.2, 0.25) is 0 Å². The second kappa shape index (κ2) is 8.30. The molecule has 1 amide bonds. The summed E-state index contributed by atoms with van der Waals surface area (Å²) in [4.78, 5) is 29.3. The maximum Gasteiger partial charge on any atom is 0.340 e. The van der Waals surface area contributed by atoms with Crippen LogP contribution in [0, 0.1) is 6.92 Å². The number of hydrogen-bond acceptors (Lipinski definition) is 5. The number of anilines is 1. The van der Waals surface area contributed by atoms with Crippen molar-refractivity contribution in [1.29, 1.82) is 0 Å². The molecule has 0 bridgehead atoms. The van der Waals surface area contributed by atoms with Gasteiger partial charge in [-0.3, -0.25) is 4.79 Å². The standard InChI is InChI=1S/C18H13BrCl2N4O3/c1-9-6-10(20)7-11(18(27)28-2)15(9)23-17(26)13-8-14(19)24-25(13)16-12(21)4-3-5-22-16/h3-8H,1-2H3,(H,23,26). The van der Waals surface area contributed by atoms with Crippen LogP contribution in [0.2, 0.25) is 10.0 Å². The van der Waals surface area contributed by atoms with Crippen LogP contribution in [0.15, 0.2) is 41.1 Å². The van der Waals surface area contributed by atoms with E-state index in [1.807, 2.05) is 0 Å². The van der Waals surface area contributed by atoms with Gasteiger partial charge >= 0.3 is 5.97 Å². The summed E-state index contributed by atoms with van der Waals surface area (Å²) in [6.45, 7) is 1.72. The normalized spacial score (nSPS) is 10.6. The van der Waals surface area contributed by atoms with Gasteiger partial charge in [-0.2, -0.15) is 5.10 Å². The molecular weight excluding hydrogens is 471 g/mol. The van der Waals surface area contributed by atoms with Crippen LogP contribution in [0.25, 0.3) is 5.82 Å². The van der Waals surface area contributed by atoms with E-state index in [9.17, 15) is 9.59 Å². The Kier molecular flexibility index (Phi) is 6.02. The van der Waals surface area contributed by atoms with Crippen LogP contribution in [0.1, 0.15) is 26.4 Å². The van der Waals surface area contributed by atoms with Gasteiger partial charge in [0.1, 0.15) is 10.3 Å². The summed E-state index contributed by atoms with van der Waals surface area (Å²) in [6, 6.07) is 7.89. The minimum atomic E-state index is -0.622. The second-order valence-corrected chi connectivity index (χ2v) is 7.32. The van der Waals surface area contributed by atoms with Gasteiger partial charge in [-0.15, -0.1) is 0 Å². The Labute approximate surface area is 178 Å². The summed E-state index contributed by atoms with van der Waals surface area (Å²) in [6.07, 6.45) is 1.54. The number of carbonyl (C=O) groups is 2. The van der Waals surface area contributed by atoms with E-state index in [-0.39, 0.29) is 16.9 Å². The van der Waals surface area contributed by atoms with Crippen LogP contribution in [-0.4, -0.2) is 33.8 Å². The van der Waals surface area contributed by atoms with Crippen LogP contribution < -0.4 is 5.32 Å². The van der Waals surface area contributed by atoms with E-state index in [0.29, 0.717) is 26.0 Å². The molecule has 0 atom stereocenters. The Bertz CT molecular complexity index is 1080. The largest absolute Gasteiger partial charge is 0.465 e. The van der Waals surface area contributed by atoms with Gasteiger partial charge in [0, 0.05) is 17.3 Å². The van der Waals surface area contributed by atoms with Crippen molar-refractivity contribution in [3.63, 3.8) is 0 Å². The van der Waals surface area contributed by atoms with E-state index >= 15 is 0 Å². The third-order valence-electron chi connectivity index (χ3n) is 3.80. The average Bonchev–Trinajstić information content (AvgIpc) is 3.05. The highest BCUT2D eigenvalue weighted by molar-refractivity contribution is 9.10. The van der Waals surface area contributed by atoms with Gasteiger partial charge in [-0.05, 0) is 52.7 Å². The average molecular weight is 484 g/mol. The number of esters is 1. The SMILES string of the molecule is COC(=O)c1cc(Cl)cc(C)c1NC(=O)c1cc(Br)nn1-c1ncccc1Cl. The third-order valence-corrected chi connectivity index (χ3v) is 4.70. The number of carbonyl (C=O) groups excluding carboxylic acids is 2. The number of methoxy groups -OCH3 is 1. The molecule has 10 heteroatoms. The number of ether oxygens (including phenoxy) is 1. The lowest BCUT2D eigenvalue weighted by atomic mass is 10.1. The van der Waals surface area contributed by atoms with Gasteiger partial charge in [0.05, 0.1) is 23.4 Å². The predicted molar refractivity (Wildman–Crippen MR) is 110 cm³/mol. The molecule has 1 N–H and O–H groups in total. The van der Waals surface area contributed by atoms with Gasteiger partial charge in [-0.25, -0.2) is 14.5 Å². The molecule has 0 aliphatic carbocycles. The lowest BCUT2D eigenvalue weighted by Gasteiger charge is -2.14. The Morgan fingerprint density at radius 2 is 2.00 bits per heavy atom. The molecule has 0 saturated heterocycles. The third kappa shape index (κ3) is 4.04. The number of nitrogens with zero attached hydrogens (tertiary/aromatic N) is 3. The molecule has 2 heterocycles. The number of pyridine rings is 1. The Morgan fingerprint density at radius 3 is 2.68 bits per heavy atom. The number of benzene rings is 1. The van der Waals surface area contributed by atoms with Gasteiger partial charge in [0.25, 0.3) is 5.91 Å². The maximum atomic E-state index is 13.0. The summed E-state index contributed by atoms with van der Waals surface area (Å²) in [7, 11) is 1.25. The Morgan fingerprint density at radius 1 is 1.25 bits per heavy atom. The highest BCUT2D eigenvalue weighted by atomic mass is 79.9. The molecule has 3 aromatic rings. The monoisotopic (exact) mass is 482 g/mol. The van der Waals surface area contributed by atoms with Gasteiger partial charge < -0.3 is 10.1 Å². The maximum absolute atomic E-state index is 13.0. The minimum absolute atomic E-state index is 0.141. The van der Waals surface area contributed by atoms with Gasteiger partial charge in [0.15, 0.2) is 5.82 Å². The highest BCUT2D eigenvalue weighted by Crippen LogP contribution is 2.28. The van der Waals surface area contributed by atoms with Crippen LogP contribution in [0.4, 0.5) is 5.69 Å². The fourth-order valence-electron chi connectivity index (χ4n) is 2.57. The van der Waals surface area contributed by atoms with Crippen LogP contribution in [0.5, 0.6) is 0 Å². The van der Waals surface area contributed by atoms with Crippen molar-refractivity contribution in [3.05, 3.63) is 68.0 Å². The Hall–Kier alpha value is -2.42. The molecule has 0 fully saturated rings. The number of aryl methyl sites for hydroxylation is 1. The molecule has 0 aliphatic rings. The lowest BCUT2D eigenvalue weighted by molar-refractivity contribution is 0.0602. The number of rotatable bonds is 4. The van der Waals surface area contributed by atoms with E-state index < -0.39 is 11.9 Å². The first kappa shape index (κ1) is 20.3. The van der Waals surface area contributed by atoms with Crippen molar-refractivity contribution in [2.24, 2.45) is 0 Å². The van der Waals surface area contributed by atoms with Crippen molar-refractivity contribution in [2.45, 2.75) is 6.92 Å². The molecule has 0 saturated carbocycles. The van der Waals surface area contributed by atoms with Crippen molar-refractivity contribution in [3.8, 4) is 5.82 Å². The Balaban J connectivity index is 2.05. The quantitative estimate of drug-likeness (QED) is 0.544. The summed E-state index contributed by atoms with van der Waals surface area (Å²) in [5.41, 5.74) is 1.19. The number of halogens is 3. The highest BCUT2D eigenvalue weighted by Gasteiger charge is 2.22. The number of aromatic nitrogens is 3. The lowest BCUT2D eigenvalue weighted by Crippen LogP contribution is -2.20. The van der Waals surface area contributed by atoms with Crippen molar-refractivity contribution < 1.29 is 14.3 Å². The fraction of sp³-hybridized carbons (Fsp3) is 0.111. The van der Waals surface area contributed by atoms with Crippen LogP contribution >= 0.6 is 39.1 Å². The molecule has 28 heavy (non-hydrogen) atoms. The predicted octanol–water partition coefficient (Wildman–Crippen LogP) is 4.68. The van der Waals surface area contributed by atoms with E-state index in [2.05, 4.69) is 31.3 Å². The number of hydrogen-bond donors (Lipinski definition) is 1. The molecule has 0 spiro atoms. The molecule has 0 radical (unpaired) electrons. The molecule has 7 nitrogen and oxygen atoms in total. The van der Waals surface area contributed by atoms with Crippen molar-refractivity contribution in [1.82, 2.24) is 14.8 Å². The smallest absolute Gasteiger partial charge is 0.340 e. The van der Waals surface area contributed by atoms with Crippen molar-refractivity contribution >= 4 is 56.7 Å². The fourth-order valence-corrected chi connectivity index (χ4v) is 3.42. The first-order valence-corrected chi connectivity index (χ1v) is 9.43. The van der Waals surface area contributed by atoms with E-state index in [1.54, 1.807) is 25.1 Å². The summed E-state index contributed by atoms with van der Waals surface area (Å²) < 4.78 is 6.51. The molecule has 0 unspecified atom stereocenters. The zero-order valence-electron chi connectivity index (χ0n) is 14.7. The summed E-state index contributed by atoms with van der Waals surface area (Å²) in [5.74, 6) is -0.847. The molecule has 0 aliphatic heterocycles. The topological polar surface area (TPSA) is 86.1 Å². The zero-order valence-corrected chi connectivity index (χ0v) is 17.8. The molecular formula is C18H13BrCl2N4O3. The summed E-state index contributed by atoms with van der Waals surface area (Å²) in [5, 5.41) is 7.63. The van der Waals surface area contributed by atoms with Crippen LogP contribution in [-0.2, 0) is 4.74 Å². The molecule has 1 aromatic carbocycles. The van der Waals surface area contributed by atoms with E-state index in [0.717, 1.165) is 0 Å². The minimum Gasteiger partial charge on any atom is -0.465 e. The van der Waals surface area contributed by atoms with Gasteiger partial charge in [-0.1, -0.05) is 23.2 Å². The first-order valence-electron chi connectivity index (χ1n) is 7.88. The molecule has 3 rings (SSSR count). The van der Waals surface area contributed by atoms with Crippen LogP contribution in [0.3, 0.4) is 0 Å². The summed E-state index contributed by atoms with van der Waals surface area (Å²) >= 11 is 15.5. The number of amides is 1. The first-order chi connectivity index (χ1) is 13.3. The number of nitrogens with one attached hydrogen (secondary N) is 1. The van der Waals surface area contributed by atoms with Crippen molar-refractivity contribution in [2.75, 3.05) is 12.4 Å². The molecule has 2 aromatic heterocycles.